The third-order valence-corrected chi connectivity index (χ3v) is 3.83. The Labute approximate surface area is 136 Å². The van der Waals surface area contributed by atoms with Crippen LogP contribution in [0.4, 0.5) is 0 Å². The number of amides is 1. The van der Waals surface area contributed by atoms with Crippen LogP contribution in [0.5, 0.6) is 0 Å². The van der Waals surface area contributed by atoms with Crippen molar-refractivity contribution in [3.63, 3.8) is 0 Å². The van der Waals surface area contributed by atoms with E-state index in [1.807, 2.05) is 36.5 Å². The van der Waals surface area contributed by atoms with Gasteiger partial charge in [-0.25, -0.2) is 4.68 Å². The van der Waals surface area contributed by atoms with Crippen molar-refractivity contribution in [3.8, 4) is 5.69 Å². The molecule has 6 heteroatoms. The smallest absolute Gasteiger partial charge is 0.224 e. The SMILES string of the molecule is Cl.NC(CNC(=O)Cc1ccc(-n2cccn2)cc1)C1CC1. The van der Waals surface area contributed by atoms with Crippen molar-refractivity contribution >= 4 is 18.3 Å². The van der Waals surface area contributed by atoms with Crippen LogP contribution in [-0.4, -0.2) is 28.3 Å². The second-order valence-electron chi connectivity index (χ2n) is 5.60. The maximum Gasteiger partial charge on any atom is 0.224 e. The van der Waals surface area contributed by atoms with E-state index in [0.29, 0.717) is 18.9 Å². The molecule has 1 fully saturated rings. The van der Waals surface area contributed by atoms with Gasteiger partial charge in [-0.1, -0.05) is 12.1 Å². The fraction of sp³-hybridized carbons (Fsp3) is 0.375. The van der Waals surface area contributed by atoms with E-state index in [-0.39, 0.29) is 24.4 Å². The van der Waals surface area contributed by atoms with Crippen LogP contribution in [0, 0.1) is 5.92 Å². The average molecular weight is 321 g/mol. The summed E-state index contributed by atoms with van der Waals surface area (Å²) in [5.41, 5.74) is 7.95. The van der Waals surface area contributed by atoms with Crippen LogP contribution >= 0.6 is 12.4 Å². The molecular formula is C16H21ClN4O. The summed E-state index contributed by atoms with van der Waals surface area (Å²) in [4.78, 5) is 11.9. The number of carbonyl (C=O) groups is 1. The van der Waals surface area contributed by atoms with Crippen LogP contribution < -0.4 is 11.1 Å². The van der Waals surface area contributed by atoms with Crippen molar-refractivity contribution in [1.29, 1.82) is 0 Å². The second kappa shape index (κ2) is 7.42. The largest absolute Gasteiger partial charge is 0.354 e. The molecule has 0 aliphatic heterocycles. The van der Waals surface area contributed by atoms with E-state index < -0.39 is 0 Å². The zero-order valence-corrected chi connectivity index (χ0v) is 13.1. The standard InChI is InChI=1S/C16H20N4O.ClH/c17-15(13-4-5-13)11-18-16(21)10-12-2-6-14(7-3-12)20-9-1-8-19-20;/h1-3,6-9,13,15H,4-5,10-11,17H2,(H,18,21);1H. The molecule has 0 radical (unpaired) electrons. The van der Waals surface area contributed by atoms with Gasteiger partial charge in [-0.15, -0.1) is 12.4 Å². The number of nitrogens with zero attached hydrogens (tertiary/aromatic N) is 2. The van der Waals surface area contributed by atoms with Crippen molar-refractivity contribution in [3.05, 3.63) is 48.3 Å². The van der Waals surface area contributed by atoms with Gasteiger partial charge in [0, 0.05) is 25.0 Å². The highest BCUT2D eigenvalue weighted by Gasteiger charge is 2.28. The minimum absolute atomic E-state index is 0. The summed E-state index contributed by atoms with van der Waals surface area (Å²) < 4.78 is 1.79. The molecule has 1 aliphatic rings. The lowest BCUT2D eigenvalue weighted by molar-refractivity contribution is -0.120. The fourth-order valence-corrected chi connectivity index (χ4v) is 2.36. The van der Waals surface area contributed by atoms with Crippen LogP contribution in [0.25, 0.3) is 5.69 Å². The number of hydrogen-bond donors (Lipinski definition) is 2. The summed E-state index contributed by atoms with van der Waals surface area (Å²) in [5, 5.41) is 7.08. The number of hydrogen-bond acceptors (Lipinski definition) is 3. The summed E-state index contributed by atoms with van der Waals surface area (Å²) in [6.45, 7) is 0.578. The number of nitrogens with two attached hydrogens (primary N) is 1. The maximum atomic E-state index is 11.9. The maximum absolute atomic E-state index is 11.9. The predicted molar refractivity (Wildman–Crippen MR) is 88.2 cm³/mol. The molecule has 1 aliphatic carbocycles. The molecule has 0 saturated heterocycles. The lowest BCUT2D eigenvalue weighted by Gasteiger charge is -2.11. The predicted octanol–water partition coefficient (Wildman–Crippen LogP) is 1.69. The normalized spacial score (nSPS) is 15.0. The Morgan fingerprint density at radius 3 is 2.68 bits per heavy atom. The first-order valence-electron chi connectivity index (χ1n) is 7.33. The Hall–Kier alpha value is -1.85. The first kappa shape index (κ1) is 16.5. The third kappa shape index (κ3) is 4.32. The van der Waals surface area contributed by atoms with Crippen molar-refractivity contribution in [2.45, 2.75) is 25.3 Å². The van der Waals surface area contributed by atoms with Crippen LogP contribution in [0.15, 0.2) is 42.7 Å². The minimum Gasteiger partial charge on any atom is -0.354 e. The van der Waals surface area contributed by atoms with Crippen LogP contribution in [0.3, 0.4) is 0 Å². The highest BCUT2D eigenvalue weighted by Crippen LogP contribution is 2.31. The molecule has 1 saturated carbocycles. The quantitative estimate of drug-likeness (QED) is 0.850. The Balaban J connectivity index is 0.00000176. The molecule has 1 heterocycles. The Morgan fingerprint density at radius 2 is 2.09 bits per heavy atom. The number of benzene rings is 1. The van der Waals surface area contributed by atoms with Gasteiger partial charge in [-0.3, -0.25) is 4.79 Å². The molecule has 5 nitrogen and oxygen atoms in total. The lowest BCUT2D eigenvalue weighted by Crippen LogP contribution is -2.39. The summed E-state index contributed by atoms with van der Waals surface area (Å²) >= 11 is 0. The fourth-order valence-electron chi connectivity index (χ4n) is 2.36. The number of carbonyl (C=O) groups excluding carboxylic acids is 1. The van der Waals surface area contributed by atoms with E-state index in [9.17, 15) is 4.79 Å². The second-order valence-corrected chi connectivity index (χ2v) is 5.60. The van der Waals surface area contributed by atoms with Gasteiger partial charge in [0.15, 0.2) is 0 Å². The highest BCUT2D eigenvalue weighted by atomic mass is 35.5. The Kier molecular flexibility index (Phi) is 5.57. The number of nitrogens with one attached hydrogen (secondary N) is 1. The molecule has 1 aromatic heterocycles. The Morgan fingerprint density at radius 1 is 1.36 bits per heavy atom. The number of rotatable bonds is 6. The number of halogens is 1. The molecule has 2 aromatic rings. The van der Waals surface area contributed by atoms with E-state index >= 15 is 0 Å². The van der Waals surface area contributed by atoms with Crippen LogP contribution in [0.2, 0.25) is 0 Å². The van der Waals surface area contributed by atoms with E-state index in [1.54, 1.807) is 10.9 Å². The van der Waals surface area contributed by atoms with Gasteiger partial charge in [0.2, 0.25) is 5.91 Å². The van der Waals surface area contributed by atoms with Gasteiger partial charge in [0.1, 0.15) is 0 Å². The van der Waals surface area contributed by atoms with Crippen molar-refractivity contribution in [2.24, 2.45) is 11.7 Å². The van der Waals surface area contributed by atoms with Crippen LogP contribution in [-0.2, 0) is 11.2 Å². The number of aromatic nitrogens is 2. The molecule has 3 N–H and O–H groups in total. The van der Waals surface area contributed by atoms with E-state index in [1.165, 1.54) is 12.8 Å². The molecule has 1 aromatic carbocycles. The molecule has 3 rings (SSSR count). The highest BCUT2D eigenvalue weighted by molar-refractivity contribution is 5.85. The molecule has 1 amide bonds. The molecule has 0 bridgehead atoms. The van der Waals surface area contributed by atoms with Crippen molar-refractivity contribution in [1.82, 2.24) is 15.1 Å². The monoisotopic (exact) mass is 320 g/mol. The molecule has 0 spiro atoms. The minimum atomic E-state index is 0. The first-order valence-corrected chi connectivity index (χ1v) is 7.33. The van der Waals surface area contributed by atoms with Gasteiger partial charge in [-0.05, 0) is 42.5 Å². The first-order chi connectivity index (χ1) is 10.2. The Bertz CT molecular complexity index is 593. The molecule has 22 heavy (non-hydrogen) atoms. The lowest BCUT2D eigenvalue weighted by atomic mass is 10.1. The third-order valence-electron chi connectivity index (χ3n) is 3.83. The van der Waals surface area contributed by atoms with E-state index in [2.05, 4.69) is 10.4 Å². The summed E-state index contributed by atoms with van der Waals surface area (Å²) in [7, 11) is 0. The van der Waals surface area contributed by atoms with Gasteiger partial charge in [0.05, 0.1) is 12.1 Å². The summed E-state index contributed by atoms with van der Waals surface area (Å²) in [6.07, 6.45) is 6.42. The van der Waals surface area contributed by atoms with Gasteiger partial charge < -0.3 is 11.1 Å². The van der Waals surface area contributed by atoms with Crippen LogP contribution in [0.1, 0.15) is 18.4 Å². The van der Waals surface area contributed by atoms with E-state index in [4.69, 9.17) is 5.73 Å². The molecule has 1 atom stereocenters. The van der Waals surface area contributed by atoms with Crippen molar-refractivity contribution in [2.75, 3.05) is 6.54 Å². The zero-order valence-electron chi connectivity index (χ0n) is 12.3. The zero-order chi connectivity index (χ0) is 14.7. The molecule has 1 unspecified atom stereocenters. The average Bonchev–Trinajstić information content (AvgIpc) is 3.21. The van der Waals surface area contributed by atoms with Gasteiger partial charge in [-0.2, -0.15) is 5.10 Å². The van der Waals surface area contributed by atoms with E-state index in [0.717, 1.165) is 11.3 Å². The summed E-state index contributed by atoms with van der Waals surface area (Å²) in [6, 6.07) is 9.83. The molecule has 118 valence electrons. The van der Waals surface area contributed by atoms with Gasteiger partial charge >= 0.3 is 0 Å². The van der Waals surface area contributed by atoms with Crippen molar-refractivity contribution < 1.29 is 4.79 Å². The van der Waals surface area contributed by atoms with Gasteiger partial charge in [0.25, 0.3) is 0 Å². The topological polar surface area (TPSA) is 72.9 Å². The molecular weight excluding hydrogens is 300 g/mol. The summed E-state index contributed by atoms with van der Waals surface area (Å²) in [5.74, 6) is 0.636.